The highest BCUT2D eigenvalue weighted by atomic mass is 19.4. The molecule has 1 saturated carbocycles. The van der Waals surface area contributed by atoms with Crippen LogP contribution in [-0.2, 0) is 9.59 Å². The second-order valence-corrected chi connectivity index (χ2v) is 5.95. The van der Waals surface area contributed by atoms with Crippen LogP contribution in [0, 0.1) is 5.92 Å². The van der Waals surface area contributed by atoms with Crippen molar-refractivity contribution in [2.24, 2.45) is 5.92 Å². The van der Waals surface area contributed by atoms with Gasteiger partial charge in [0.15, 0.2) is 0 Å². The maximum atomic E-state index is 13.2. The Bertz CT molecular complexity index is 451. The maximum absolute atomic E-state index is 13.2. The van der Waals surface area contributed by atoms with Gasteiger partial charge in [-0.25, -0.2) is 0 Å². The van der Waals surface area contributed by atoms with E-state index in [1.54, 1.807) is 0 Å². The molecule has 0 aromatic carbocycles. The second-order valence-electron chi connectivity index (χ2n) is 5.95. The summed E-state index contributed by atoms with van der Waals surface area (Å²) in [5, 5.41) is 2.43. The van der Waals surface area contributed by atoms with Crippen molar-refractivity contribution >= 4 is 11.8 Å². The highest BCUT2D eigenvalue weighted by Gasteiger charge is 2.55. The van der Waals surface area contributed by atoms with Gasteiger partial charge in [-0.05, 0) is 31.3 Å². The van der Waals surface area contributed by atoms with E-state index in [0.717, 1.165) is 30.2 Å². The zero-order chi connectivity index (χ0) is 16.3. The SMILES string of the molecule is C=CC(=O)NCCC(=O)N1[C@H](C(F)(F)F)C[C@@H]2CCCC[C@@H]21. The first kappa shape index (κ1) is 16.8. The molecule has 2 aliphatic rings. The average molecular weight is 318 g/mol. The molecule has 0 aromatic rings. The molecule has 7 heteroatoms. The molecule has 1 saturated heterocycles. The lowest BCUT2D eigenvalue weighted by Crippen LogP contribution is -2.49. The first-order valence-electron chi connectivity index (χ1n) is 7.62. The lowest BCUT2D eigenvalue weighted by Gasteiger charge is -2.34. The minimum atomic E-state index is -4.39. The molecule has 4 nitrogen and oxygen atoms in total. The first-order chi connectivity index (χ1) is 10.3. The summed E-state index contributed by atoms with van der Waals surface area (Å²) >= 11 is 0. The fourth-order valence-corrected chi connectivity index (χ4v) is 3.60. The molecule has 2 rings (SSSR count). The Morgan fingerprint density at radius 2 is 1.95 bits per heavy atom. The fraction of sp³-hybridized carbons (Fsp3) is 0.733. The van der Waals surface area contributed by atoms with Gasteiger partial charge in [-0.3, -0.25) is 9.59 Å². The van der Waals surface area contributed by atoms with Gasteiger partial charge in [0.25, 0.3) is 0 Å². The molecule has 1 aliphatic carbocycles. The van der Waals surface area contributed by atoms with E-state index in [4.69, 9.17) is 0 Å². The first-order valence-corrected chi connectivity index (χ1v) is 7.62. The molecule has 0 bridgehead atoms. The number of carbonyl (C=O) groups is 2. The molecule has 2 amide bonds. The Balaban J connectivity index is 2.04. The number of hydrogen-bond acceptors (Lipinski definition) is 2. The maximum Gasteiger partial charge on any atom is 0.408 e. The van der Waals surface area contributed by atoms with Gasteiger partial charge in [-0.2, -0.15) is 13.2 Å². The van der Waals surface area contributed by atoms with Gasteiger partial charge in [0.2, 0.25) is 11.8 Å². The van der Waals surface area contributed by atoms with Gasteiger partial charge < -0.3 is 10.2 Å². The van der Waals surface area contributed by atoms with Gasteiger partial charge in [0, 0.05) is 19.0 Å². The number of amides is 2. The Labute approximate surface area is 127 Å². The molecule has 1 N–H and O–H groups in total. The van der Waals surface area contributed by atoms with E-state index in [0.29, 0.717) is 6.42 Å². The highest BCUT2D eigenvalue weighted by molar-refractivity contribution is 5.87. The number of nitrogens with zero attached hydrogens (tertiary/aromatic N) is 1. The van der Waals surface area contributed by atoms with Crippen molar-refractivity contribution in [3.63, 3.8) is 0 Å². The lowest BCUT2D eigenvalue weighted by molar-refractivity contribution is -0.186. The van der Waals surface area contributed by atoms with Crippen LogP contribution in [-0.4, -0.2) is 41.5 Å². The van der Waals surface area contributed by atoms with Crippen molar-refractivity contribution in [1.82, 2.24) is 10.2 Å². The average Bonchev–Trinajstić information content (AvgIpc) is 2.86. The summed E-state index contributed by atoms with van der Waals surface area (Å²) in [6.07, 6.45) is -0.232. The molecule has 0 spiro atoms. The predicted molar refractivity (Wildman–Crippen MR) is 74.9 cm³/mol. The third-order valence-electron chi connectivity index (χ3n) is 4.58. The van der Waals surface area contributed by atoms with Crippen LogP contribution in [0.25, 0.3) is 0 Å². The van der Waals surface area contributed by atoms with Crippen LogP contribution in [0.4, 0.5) is 13.2 Å². The third-order valence-corrected chi connectivity index (χ3v) is 4.58. The van der Waals surface area contributed by atoms with E-state index in [1.807, 2.05) is 0 Å². The molecular formula is C15H21F3N2O2. The number of nitrogens with one attached hydrogen (secondary N) is 1. The zero-order valence-corrected chi connectivity index (χ0v) is 12.4. The minimum Gasteiger partial charge on any atom is -0.352 e. The number of hydrogen-bond donors (Lipinski definition) is 1. The molecule has 0 radical (unpaired) electrons. The fourth-order valence-electron chi connectivity index (χ4n) is 3.60. The van der Waals surface area contributed by atoms with Crippen LogP contribution in [0.15, 0.2) is 12.7 Å². The molecule has 1 aliphatic heterocycles. The van der Waals surface area contributed by atoms with Gasteiger partial charge in [0.05, 0.1) is 0 Å². The summed E-state index contributed by atoms with van der Waals surface area (Å²) < 4.78 is 39.7. The molecule has 0 aromatic heterocycles. The number of likely N-dealkylation sites (tertiary alicyclic amines) is 1. The Kier molecular flexibility index (Phi) is 5.13. The van der Waals surface area contributed by atoms with E-state index >= 15 is 0 Å². The van der Waals surface area contributed by atoms with Gasteiger partial charge in [-0.15, -0.1) is 0 Å². The number of rotatable bonds is 4. The third kappa shape index (κ3) is 3.62. The number of alkyl halides is 3. The van der Waals surface area contributed by atoms with E-state index in [9.17, 15) is 22.8 Å². The van der Waals surface area contributed by atoms with Crippen molar-refractivity contribution in [1.29, 1.82) is 0 Å². The summed E-state index contributed by atoms with van der Waals surface area (Å²) in [4.78, 5) is 24.4. The standard InChI is InChI=1S/C15H21F3N2O2/c1-2-13(21)19-8-7-14(22)20-11-6-4-3-5-10(11)9-12(20)15(16,17)18/h2,10-12H,1,3-9H2,(H,19,21)/t10-,11-,12-/m0/s1. The van der Waals surface area contributed by atoms with Crippen LogP contribution < -0.4 is 5.32 Å². The largest absolute Gasteiger partial charge is 0.408 e. The minimum absolute atomic E-state index is 0.0128. The molecular weight excluding hydrogens is 297 g/mol. The van der Waals surface area contributed by atoms with E-state index < -0.39 is 24.0 Å². The summed E-state index contributed by atoms with van der Waals surface area (Å²) in [6, 6.07) is -1.98. The van der Waals surface area contributed by atoms with Crippen LogP contribution in [0.5, 0.6) is 0 Å². The van der Waals surface area contributed by atoms with Crippen LogP contribution in [0.3, 0.4) is 0 Å². The molecule has 2 fully saturated rings. The van der Waals surface area contributed by atoms with E-state index in [1.165, 1.54) is 0 Å². The number of carbonyl (C=O) groups excluding carboxylic acids is 2. The Morgan fingerprint density at radius 1 is 1.27 bits per heavy atom. The molecule has 0 unspecified atom stereocenters. The smallest absolute Gasteiger partial charge is 0.352 e. The molecule has 1 heterocycles. The van der Waals surface area contributed by atoms with Crippen molar-refractivity contribution in [3.05, 3.63) is 12.7 Å². The van der Waals surface area contributed by atoms with Crippen molar-refractivity contribution in [2.45, 2.75) is 56.8 Å². The summed E-state index contributed by atoms with van der Waals surface area (Å²) in [7, 11) is 0. The topological polar surface area (TPSA) is 49.4 Å². The van der Waals surface area contributed by atoms with Gasteiger partial charge in [0.1, 0.15) is 6.04 Å². The Hall–Kier alpha value is -1.53. The second kappa shape index (κ2) is 6.71. The lowest BCUT2D eigenvalue weighted by atomic mass is 9.84. The summed E-state index contributed by atoms with van der Waals surface area (Å²) in [5.41, 5.74) is 0. The van der Waals surface area contributed by atoms with Crippen LogP contribution in [0.1, 0.15) is 38.5 Å². The van der Waals surface area contributed by atoms with Crippen molar-refractivity contribution in [2.75, 3.05) is 6.54 Å². The van der Waals surface area contributed by atoms with Crippen LogP contribution in [0.2, 0.25) is 0 Å². The quantitative estimate of drug-likeness (QED) is 0.809. The monoisotopic (exact) mass is 318 g/mol. The Morgan fingerprint density at radius 3 is 2.59 bits per heavy atom. The molecule has 124 valence electrons. The van der Waals surface area contributed by atoms with Gasteiger partial charge >= 0.3 is 6.18 Å². The predicted octanol–water partition coefficient (Wildman–Crippen LogP) is 2.40. The van der Waals surface area contributed by atoms with Gasteiger partial charge in [-0.1, -0.05) is 19.4 Å². The van der Waals surface area contributed by atoms with Crippen molar-refractivity contribution in [3.8, 4) is 0 Å². The van der Waals surface area contributed by atoms with E-state index in [2.05, 4.69) is 11.9 Å². The number of fused-ring (bicyclic) bond motifs is 1. The summed E-state index contributed by atoms with van der Waals surface area (Å²) in [6.45, 7) is 3.31. The summed E-state index contributed by atoms with van der Waals surface area (Å²) in [5.74, 6) is -1.01. The highest BCUT2D eigenvalue weighted by Crippen LogP contribution is 2.45. The van der Waals surface area contributed by atoms with E-state index in [-0.39, 0.29) is 31.3 Å². The molecule has 3 atom stereocenters. The normalized spacial score (nSPS) is 28.1. The molecule has 22 heavy (non-hydrogen) atoms. The van der Waals surface area contributed by atoms with Crippen molar-refractivity contribution < 1.29 is 22.8 Å². The number of halogens is 3. The zero-order valence-electron chi connectivity index (χ0n) is 12.4. The van der Waals surface area contributed by atoms with Crippen LogP contribution >= 0.6 is 0 Å².